The van der Waals surface area contributed by atoms with Crippen LogP contribution in [0.25, 0.3) is 0 Å². The van der Waals surface area contributed by atoms with Crippen molar-refractivity contribution in [1.29, 1.82) is 0 Å². The van der Waals surface area contributed by atoms with Crippen LogP contribution in [0.3, 0.4) is 0 Å². The highest BCUT2D eigenvalue weighted by Gasteiger charge is 2.36. The number of ketones is 1. The van der Waals surface area contributed by atoms with E-state index in [0.29, 0.717) is 25.2 Å². The van der Waals surface area contributed by atoms with Crippen LogP contribution in [-0.4, -0.2) is 41.8 Å². The first-order valence-corrected chi connectivity index (χ1v) is 6.03. The molecule has 1 N–H and O–H groups in total. The highest BCUT2D eigenvalue weighted by molar-refractivity contribution is 5.86. The van der Waals surface area contributed by atoms with Gasteiger partial charge in [-0.25, -0.2) is 0 Å². The van der Waals surface area contributed by atoms with E-state index in [1.54, 1.807) is 0 Å². The molecule has 0 spiro atoms. The number of carbonyl (C=O) groups excluding carboxylic acids is 2. The first-order valence-electron chi connectivity index (χ1n) is 6.03. The third kappa shape index (κ3) is 3.04. The van der Waals surface area contributed by atoms with Crippen molar-refractivity contribution < 1.29 is 9.59 Å². The average Bonchev–Trinajstić information content (AvgIpc) is 2.24. The van der Waals surface area contributed by atoms with Crippen LogP contribution in [0.15, 0.2) is 0 Å². The van der Waals surface area contributed by atoms with E-state index in [4.69, 9.17) is 0 Å². The summed E-state index contributed by atoms with van der Waals surface area (Å²) in [6.45, 7) is 8.17. The van der Waals surface area contributed by atoms with E-state index in [0.717, 1.165) is 19.5 Å². The lowest BCUT2D eigenvalue weighted by Crippen LogP contribution is -2.61. The van der Waals surface area contributed by atoms with Crippen LogP contribution in [0.5, 0.6) is 0 Å². The van der Waals surface area contributed by atoms with Crippen molar-refractivity contribution in [3.8, 4) is 0 Å². The molecule has 4 heteroatoms. The predicted molar refractivity (Wildman–Crippen MR) is 63.2 cm³/mol. The maximum atomic E-state index is 11.7. The van der Waals surface area contributed by atoms with Crippen LogP contribution < -0.4 is 5.32 Å². The fourth-order valence-electron chi connectivity index (χ4n) is 1.98. The zero-order valence-corrected chi connectivity index (χ0v) is 10.5. The van der Waals surface area contributed by atoms with Gasteiger partial charge < -0.3 is 5.32 Å². The first kappa shape index (κ1) is 13.2. The summed E-state index contributed by atoms with van der Waals surface area (Å²) in [5.41, 5.74) is -0.437. The molecule has 1 saturated heterocycles. The number of piperazine rings is 1. The Balaban J connectivity index is 2.41. The van der Waals surface area contributed by atoms with Gasteiger partial charge in [-0.3, -0.25) is 14.5 Å². The maximum absolute atomic E-state index is 11.7. The van der Waals surface area contributed by atoms with Gasteiger partial charge in [-0.15, -0.1) is 0 Å². The number of amides is 1. The molecule has 0 aliphatic carbocycles. The van der Waals surface area contributed by atoms with Gasteiger partial charge in [0.25, 0.3) is 0 Å². The molecule has 0 aromatic carbocycles. The SMILES string of the molecule is CCC(=O)CCCN1CCNC(=O)C1(C)C. The number of nitrogens with one attached hydrogen (secondary N) is 1. The number of Topliss-reactive ketones (excluding diaryl/α,β-unsaturated/α-hetero) is 1. The fraction of sp³-hybridized carbons (Fsp3) is 0.833. The Bertz CT molecular complexity index is 274. The number of nitrogens with zero attached hydrogens (tertiary/aromatic N) is 1. The van der Waals surface area contributed by atoms with E-state index in [2.05, 4.69) is 10.2 Å². The van der Waals surface area contributed by atoms with Crippen LogP contribution in [0.4, 0.5) is 0 Å². The molecule has 4 nitrogen and oxygen atoms in total. The average molecular weight is 226 g/mol. The minimum atomic E-state index is -0.437. The number of hydrogen-bond donors (Lipinski definition) is 1. The van der Waals surface area contributed by atoms with Crippen LogP contribution in [0.1, 0.15) is 40.0 Å². The molecule has 1 heterocycles. The standard InChI is InChI=1S/C12H22N2O2/c1-4-10(15)6-5-8-14-9-7-13-11(16)12(14,2)3/h4-9H2,1-3H3,(H,13,16). The summed E-state index contributed by atoms with van der Waals surface area (Å²) >= 11 is 0. The summed E-state index contributed by atoms with van der Waals surface area (Å²) in [5, 5.41) is 2.87. The Morgan fingerprint density at radius 2 is 2.19 bits per heavy atom. The lowest BCUT2D eigenvalue weighted by Gasteiger charge is -2.41. The van der Waals surface area contributed by atoms with Crippen molar-refractivity contribution in [2.45, 2.75) is 45.6 Å². The predicted octanol–water partition coefficient (Wildman–Crippen LogP) is 0.956. The molecule has 1 fully saturated rings. The highest BCUT2D eigenvalue weighted by atomic mass is 16.2. The van der Waals surface area contributed by atoms with Crippen molar-refractivity contribution in [1.82, 2.24) is 10.2 Å². The zero-order valence-electron chi connectivity index (χ0n) is 10.5. The van der Waals surface area contributed by atoms with E-state index in [1.165, 1.54) is 0 Å². The lowest BCUT2D eigenvalue weighted by atomic mass is 9.98. The summed E-state index contributed by atoms with van der Waals surface area (Å²) in [7, 11) is 0. The largest absolute Gasteiger partial charge is 0.353 e. The van der Waals surface area contributed by atoms with Gasteiger partial charge in [-0.1, -0.05) is 6.92 Å². The van der Waals surface area contributed by atoms with Crippen molar-refractivity contribution >= 4 is 11.7 Å². The van der Waals surface area contributed by atoms with Crippen LogP contribution >= 0.6 is 0 Å². The quantitative estimate of drug-likeness (QED) is 0.759. The summed E-state index contributed by atoms with van der Waals surface area (Å²) in [5.74, 6) is 0.389. The summed E-state index contributed by atoms with van der Waals surface area (Å²) in [6, 6.07) is 0. The third-order valence-corrected chi connectivity index (χ3v) is 3.29. The first-order chi connectivity index (χ1) is 7.48. The molecule has 92 valence electrons. The van der Waals surface area contributed by atoms with Crippen molar-refractivity contribution in [2.24, 2.45) is 0 Å². The molecule has 0 radical (unpaired) electrons. The molecule has 0 unspecified atom stereocenters. The van der Waals surface area contributed by atoms with Crippen LogP contribution in [-0.2, 0) is 9.59 Å². The van der Waals surface area contributed by atoms with E-state index in [1.807, 2.05) is 20.8 Å². The molecule has 0 saturated carbocycles. The second-order valence-electron chi connectivity index (χ2n) is 4.80. The Morgan fingerprint density at radius 3 is 2.81 bits per heavy atom. The van der Waals surface area contributed by atoms with Gasteiger partial charge >= 0.3 is 0 Å². The van der Waals surface area contributed by atoms with Crippen LogP contribution in [0, 0.1) is 0 Å². The smallest absolute Gasteiger partial charge is 0.239 e. The third-order valence-electron chi connectivity index (χ3n) is 3.29. The highest BCUT2D eigenvalue weighted by Crippen LogP contribution is 2.18. The topological polar surface area (TPSA) is 49.4 Å². The second-order valence-corrected chi connectivity index (χ2v) is 4.80. The summed E-state index contributed by atoms with van der Waals surface area (Å²) < 4.78 is 0. The van der Waals surface area contributed by atoms with E-state index >= 15 is 0 Å². The molecule has 1 rings (SSSR count). The molecule has 16 heavy (non-hydrogen) atoms. The molecule has 0 aromatic rings. The van der Waals surface area contributed by atoms with Gasteiger partial charge in [0.05, 0.1) is 5.54 Å². The van der Waals surface area contributed by atoms with Crippen molar-refractivity contribution in [2.75, 3.05) is 19.6 Å². The Kier molecular flexibility index (Phi) is 4.47. The molecule has 0 aromatic heterocycles. The molecule has 0 atom stereocenters. The number of rotatable bonds is 5. The molecular weight excluding hydrogens is 204 g/mol. The summed E-state index contributed by atoms with van der Waals surface area (Å²) in [4.78, 5) is 25.0. The van der Waals surface area contributed by atoms with Gasteiger partial charge in [0.1, 0.15) is 5.78 Å². The lowest BCUT2D eigenvalue weighted by molar-refractivity contribution is -0.135. The Labute approximate surface area is 97.4 Å². The van der Waals surface area contributed by atoms with Gasteiger partial charge in [-0.2, -0.15) is 0 Å². The monoisotopic (exact) mass is 226 g/mol. The van der Waals surface area contributed by atoms with E-state index in [-0.39, 0.29) is 5.91 Å². The van der Waals surface area contributed by atoms with Gasteiger partial charge in [0.2, 0.25) is 5.91 Å². The molecule has 1 aliphatic rings. The zero-order chi connectivity index (χ0) is 12.2. The molecule has 1 aliphatic heterocycles. The van der Waals surface area contributed by atoms with E-state index < -0.39 is 5.54 Å². The minimum Gasteiger partial charge on any atom is -0.353 e. The maximum Gasteiger partial charge on any atom is 0.239 e. The number of hydrogen-bond acceptors (Lipinski definition) is 3. The Hall–Kier alpha value is -0.900. The van der Waals surface area contributed by atoms with Crippen molar-refractivity contribution in [3.63, 3.8) is 0 Å². The molecule has 0 bridgehead atoms. The van der Waals surface area contributed by atoms with Gasteiger partial charge in [0.15, 0.2) is 0 Å². The normalized spacial score (nSPS) is 20.6. The van der Waals surface area contributed by atoms with Crippen LogP contribution in [0.2, 0.25) is 0 Å². The van der Waals surface area contributed by atoms with Gasteiger partial charge in [-0.05, 0) is 26.8 Å². The molecular formula is C12H22N2O2. The fourth-order valence-corrected chi connectivity index (χ4v) is 1.98. The summed E-state index contributed by atoms with van der Waals surface area (Å²) in [6.07, 6.45) is 2.10. The Morgan fingerprint density at radius 1 is 1.50 bits per heavy atom. The number of carbonyl (C=O) groups is 2. The van der Waals surface area contributed by atoms with Crippen molar-refractivity contribution in [3.05, 3.63) is 0 Å². The minimum absolute atomic E-state index is 0.0839. The molecule has 1 amide bonds. The second kappa shape index (κ2) is 5.43. The van der Waals surface area contributed by atoms with Gasteiger partial charge in [0, 0.05) is 25.9 Å². The van der Waals surface area contributed by atoms with E-state index in [9.17, 15) is 9.59 Å².